The predicted octanol–water partition coefficient (Wildman–Crippen LogP) is 1.56. The second-order valence-corrected chi connectivity index (χ2v) is 8.15. The maximum absolute atomic E-state index is 12.2. The summed E-state index contributed by atoms with van der Waals surface area (Å²) in [7, 11) is 0. The Balaban J connectivity index is 2.12. The molecular weight excluding hydrogens is 300 g/mol. The molecule has 2 fully saturated rings. The van der Waals surface area contributed by atoms with Gasteiger partial charge in [-0.15, -0.1) is 0 Å². The molecule has 0 aliphatic carbocycles. The van der Waals surface area contributed by atoms with Gasteiger partial charge in [0, 0.05) is 25.2 Å². The van der Waals surface area contributed by atoms with Crippen molar-refractivity contribution in [3.8, 4) is 0 Å². The molecule has 23 heavy (non-hydrogen) atoms. The van der Waals surface area contributed by atoms with E-state index in [-0.39, 0.29) is 18.1 Å². The van der Waals surface area contributed by atoms with Crippen molar-refractivity contribution >= 4 is 12.1 Å². The summed E-state index contributed by atoms with van der Waals surface area (Å²) in [6.45, 7) is 12.1. The monoisotopic (exact) mass is 328 g/mol. The highest BCUT2D eigenvalue weighted by atomic mass is 16.6. The number of nitrogens with zero attached hydrogens (tertiary/aromatic N) is 2. The normalized spacial score (nSPS) is 24.0. The van der Waals surface area contributed by atoms with Crippen LogP contribution in [-0.2, 0) is 14.3 Å². The van der Waals surface area contributed by atoms with E-state index in [4.69, 9.17) is 9.47 Å². The molecule has 2 aliphatic heterocycles. The molecule has 1 amide bonds. The van der Waals surface area contributed by atoms with E-state index in [9.17, 15) is 14.7 Å². The number of amides is 1. The number of aliphatic carboxylic acids is 1. The van der Waals surface area contributed by atoms with Gasteiger partial charge in [0.1, 0.15) is 5.60 Å². The molecule has 0 atom stereocenters. The van der Waals surface area contributed by atoms with Crippen LogP contribution in [0.25, 0.3) is 0 Å². The number of hydrogen-bond donors (Lipinski definition) is 1. The van der Waals surface area contributed by atoms with Gasteiger partial charge in [0.15, 0.2) is 0 Å². The van der Waals surface area contributed by atoms with Crippen LogP contribution >= 0.6 is 0 Å². The molecule has 0 bridgehead atoms. The summed E-state index contributed by atoms with van der Waals surface area (Å²) in [5.41, 5.74) is -1.36. The lowest BCUT2D eigenvalue weighted by Crippen LogP contribution is -2.77. The van der Waals surface area contributed by atoms with Gasteiger partial charge in [-0.1, -0.05) is 0 Å². The zero-order valence-electron chi connectivity index (χ0n) is 14.7. The minimum absolute atomic E-state index is 0.00965. The molecule has 0 aromatic carbocycles. The number of carboxylic acids is 1. The van der Waals surface area contributed by atoms with E-state index in [1.54, 1.807) is 4.90 Å². The quantitative estimate of drug-likeness (QED) is 0.847. The standard InChI is InChI=1S/C16H28N2O5/c1-14(2,3)23-13(21)17-9-16(10-17,8-12(19)20)18-6-7-22-11-15(18,4)5/h6-11H2,1-5H3,(H,19,20). The summed E-state index contributed by atoms with van der Waals surface area (Å²) in [5.74, 6) is -0.851. The molecule has 0 radical (unpaired) electrons. The number of ether oxygens (including phenoxy) is 2. The molecule has 0 aromatic heterocycles. The highest BCUT2D eigenvalue weighted by Gasteiger charge is 2.55. The number of carbonyl (C=O) groups is 2. The SMILES string of the molecule is CC(C)(C)OC(=O)N1CC(CC(=O)O)(N2CCOCC2(C)C)C1. The summed E-state index contributed by atoms with van der Waals surface area (Å²) >= 11 is 0. The highest BCUT2D eigenvalue weighted by Crippen LogP contribution is 2.38. The summed E-state index contributed by atoms with van der Waals surface area (Å²) in [6.07, 6.45) is -0.375. The minimum atomic E-state index is -0.851. The zero-order chi connectivity index (χ0) is 17.5. The Hall–Kier alpha value is -1.34. The van der Waals surface area contributed by atoms with Gasteiger partial charge < -0.3 is 19.5 Å². The van der Waals surface area contributed by atoms with Crippen LogP contribution in [-0.4, -0.2) is 76.5 Å². The largest absolute Gasteiger partial charge is 0.481 e. The van der Waals surface area contributed by atoms with Crippen LogP contribution in [0, 0.1) is 0 Å². The molecular formula is C16H28N2O5. The van der Waals surface area contributed by atoms with Crippen molar-refractivity contribution in [2.45, 2.75) is 57.7 Å². The summed E-state index contributed by atoms with van der Waals surface area (Å²) in [4.78, 5) is 27.3. The molecule has 2 rings (SSSR count). The van der Waals surface area contributed by atoms with E-state index in [1.807, 2.05) is 34.6 Å². The number of carboxylic acid groups (broad SMARTS) is 1. The van der Waals surface area contributed by atoms with Gasteiger partial charge in [0.2, 0.25) is 0 Å². The van der Waals surface area contributed by atoms with E-state index >= 15 is 0 Å². The van der Waals surface area contributed by atoms with Gasteiger partial charge in [0.05, 0.1) is 25.2 Å². The minimum Gasteiger partial charge on any atom is -0.481 e. The van der Waals surface area contributed by atoms with Gasteiger partial charge in [0.25, 0.3) is 0 Å². The Kier molecular flexibility index (Phi) is 4.65. The lowest BCUT2D eigenvalue weighted by molar-refractivity contribution is -0.168. The molecule has 7 heteroatoms. The Morgan fingerprint density at radius 3 is 2.35 bits per heavy atom. The summed E-state index contributed by atoms with van der Waals surface area (Å²) in [6, 6.07) is 0. The molecule has 0 unspecified atom stereocenters. The van der Waals surface area contributed by atoms with Crippen LogP contribution in [0.3, 0.4) is 0 Å². The van der Waals surface area contributed by atoms with Crippen LogP contribution in [0.5, 0.6) is 0 Å². The first-order chi connectivity index (χ1) is 10.5. The third-order valence-electron chi connectivity index (χ3n) is 4.32. The summed E-state index contributed by atoms with van der Waals surface area (Å²) in [5, 5.41) is 9.33. The van der Waals surface area contributed by atoms with Crippen LogP contribution < -0.4 is 0 Å². The fraction of sp³-hybridized carbons (Fsp3) is 0.875. The average molecular weight is 328 g/mol. The zero-order valence-corrected chi connectivity index (χ0v) is 14.7. The van der Waals surface area contributed by atoms with Crippen LogP contribution in [0.15, 0.2) is 0 Å². The van der Waals surface area contributed by atoms with Gasteiger partial charge in [-0.05, 0) is 34.6 Å². The topological polar surface area (TPSA) is 79.3 Å². The van der Waals surface area contributed by atoms with Crippen LogP contribution in [0.2, 0.25) is 0 Å². The highest BCUT2D eigenvalue weighted by molar-refractivity contribution is 5.73. The van der Waals surface area contributed by atoms with Crippen molar-refractivity contribution in [1.82, 2.24) is 9.80 Å². The van der Waals surface area contributed by atoms with E-state index in [0.717, 1.165) is 0 Å². The smallest absolute Gasteiger partial charge is 0.410 e. The predicted molar refractivity (Wildman–Crippen MR) is 84.4 cm³/mol. The first-order valence-electron chi connectivity index (χ1n) is 8.00. The second kappa shape index (κ2) is 5.94. The van der Waals surface area contributed by atoms with E-state index in [1.165, 1.54) is 0 Å². The van der Waals surface area contributed by atoms with Gasteiger partial charge in [-0.3, -0.25) is 9.69 Å². The fourth-order valence-electron chi connectivity index (χ4n) is 3.52. The van der Waals surface area contributed by atoms with Gasteiger partial charge in [-0.25, -0.2) is 4.79 Å². The van der Waals surface area contributed by atoms with Crippen molar-refractivity contribution in [3.63, 3.8) is 0 Å². The number of rotatable bonds is 3. The molecule has 2 saturated heterocycles. The number of morpholine rings is 1. The molecule has 132 valence electrons. The fourth-order valence-corrected chi connectivity index (χ4v) is 3.52. The molecule has 7 nitrogen and oxygen atoms in total. The van der Waals surface area contributed by atoms with Crippen LogP contribution in [0.1, 0.15) is 41.0 Å². The van der Waals surface area contributed by atoms with Crippen molar-refractivity contribution in [3.05, 3.63) is 0 Å². The third kappa shape index (κ3) is 3.95. The van der Waals surface area contributed by atoms with Crippen molar-refractivity contribution in [2.75, 3.05) is 32.8 Å². The van der Waals surface area contributed by atoms with E-state index in [2.05, 4.69) is 4.90 Å². The average Bonchev–Trinajstić information content (AvgIpc) is 2.30. The van der Waals surface area contributed by atoms with Crippen molar-refractivity contribution < 1.29 is 24.2 Å². The number of likely N-dealkylation sites (tertiary alicyclic amines) is 1. The number of hydrogen-bond acceptors (Lipinski definition) is 5. The molecule has 0 saturated carbocycles. The van der Waals surface area contributed by atoms with Gasteiger partial charge >= 0.3 is 12.1 Å². The Labute approximate surface area is 137 Å². The van der Waals surface area contributed by atoms with Crippen LogP contribution in [0.4, 0.5) is 4.79 Å². The van der Waals surface area contributed by atoms with Crippen molar-refractivity contribution in [1.29, 1.82) is 0 Å². The lowest BCUT2D eigenvalue weighted by Gasteiger charge is -2.60. The molecule has 0 aromatic rings. The Bertz CT molecular complexity index is 477. The lowest BCUT2D eigenvalue weighted by atomic mass is 9.80. The first-order valence-corrected chi connectivity index (χ1v) is 8.00. The molecule has 1 N–H and O–H groups in total. The molecule has 2 aliphatic rings. The Morgan fingerprint density at radius 1 is 1.26 bits per heavy atom. The maximum Gasteiger partial charge on any atom is 0.410 e. The van der Waals surface area contributed by atoms with E-state index in [0.29, 0.717) is 32.8 Å². The maximum atomic E-state index is 12.2. The van der Waals surface area contributed by atoms with Crippen molar-refractivity contribution in [2.24, 2.45) is 0 Å². The molecule has 0 spiro atoms. The number of carbonyl (C=O) groups excluding carboxylic acids is 1. The molecule has 2 heterocycles. The Morgan fingerprint density at radius 2 is 1.87 bits per heavy atom. The second-order valence-electron chi connectivity index (χ2n) is 8.15. The first kappa shape index (κ1) is 18.0. The van der Waals surface area contributed by atoms with E-state index < -0.39 is 17.1 Å². The third-order valence-corrected chi connectivity index (χ3v) is 4.32. The summed E-state index contributed by atoms with van der Waals surface area (Å²) < 4.78 is 10.9. The van der Waals surface area contributed by atoms with Gasteiger partial charge in [-0.2, -0.15) is 0 Å².